The Labute approximate surface area is 217 Å². The van der Waals surface area contributed by atoms with E-state index in [0.717, 1.165) is 5.56 Å². The van der Waals surface area contributed by atoms with E-state index in [1.807, 2.05) is 30.3 Å². The Morgan fingerprint density at radius 1 is 1.05 bits per heavy atom. The van der Waals surface area contributed by atoms with Crippen LogP contribution in [0.25, 0.3) is 22.6 Å². The second-order valence-electron chi connectivity index (χ2n) is 7.89. The number of nitrogens with zero attached hydrogens (tertiary/aromatic N) is 1. The van der Waals surface area contributed by atoms with E-state index in [0.29, 0.717) is 22.6 Å². The zero-order chi connectivity index (χ0) is 26.7. The first-order chi connectivity index (χ1) is 17.5. The van der Waals surface area contributed by atoms with Crippen molar-refractivity contribution in [1.82, 2.24) is 10.3 Å². The summed E-state index contributed by atoms with van der Waals surface area (Å²) < 4.78 is 49.3. The molecule has 0 aliphatic carbocycles. The zero-order valence-electron chi connectivity index (χ0n) is 18.7. The number of alkyl halides is 3. The second kappa shape index (κ2) is 10.7. The second-order valence-corrected chi connectivity index (χ2v) is 8.71. The van der Waals surface area contributed by atoms with Gasteiger partial charge < -0.3 is 19.6 Å². The average molecular weight is 553 g/mol. The molecule has 0 aliphatic heterocycles. The molecule has 3 aromatic carbocycles. The molecule has 2 N–H and O–H groups in total. The third-order valence-electron chi connectivity index (χ3n) is 5.25. The fraction of sp³-hybridized carbons (Fsp3) is 0.160. The van der Waals surface area contributed by atoms with Crippen molar-refractivity contribution < 1.29 is 37.0 Å². The minimum absolute atomic E-state index is 0.00105. The van der Waals surface area contributed by atoms with Crippen molar-refractivity contribution in [3.63, 3.8) is 0 Å². The van der Waals surface area contributed by atoms with Gasteiger partial charge in [-0.25, -0.2) is 9.78 Å². The van der Waals surface area contributed by atoms with Crippen molar-refractivity contribution in [3.8, 4) is 17.2 Å². The number of aromatic nitrogens is 1. The summed E-state index contributed by atoms with van der Waals surface area (Å²) in [5, 5.41) is 10.7. The lowest BCUT2D eigenvalue weighted by Crippen LogP contribution is -2.47. The van der Waals surface area contributed by atoms with Crippen LogP contribution < -0.4 is 10.1 Å². The van der Waals surface area contributed by atoms with Crippen molar-refractivity contribution in [1.29, 1.82) is 0 Å². The molecule has 0 bridgehead atoms. The Bertz CT molecular complexity index is 1430. The van der Waals surface area contributed by atoms with E-state index < -0.39 is 30.5 Å². The molecule has 192 valence electrons. The monoisotopic (exact) mass is 552 g/mol. The van der Waals surface area contributed by atoms with Crippen molar-refractivity contribution in [2.45, 2.75) is 25.2 Å². The molecule has 0 spiro atoms. The average Bonchev–Trinajstić information content (AvgIpc) is 3.28. The zero-order valence-corrected chi connectivity index (χ0v) is 20.2. The number of carbonyl (C=O) groups excluding carboxylic acids is 1. The topological polar surface area (TPSA) is 102 Å². The predicted molar refractivity (Wildman–Crippen MR) is 130 cm³/mol. The molecule has 0 radical (unpaired) electrons. The van der Waals surface area contributed by atoms with Gasteiger partial charge in [0, 0.05) is 17.5 Å². The van der Waals surface area contributed by atoms with E-state index in [2.05, 4.69) is 4.98 Å². The van der Waals surface area contributed by atoms with Gasteiger partial charge in [0.2, 0.25) is 5.89 Å². The fourth-order valence-electron chi connectivity index (χ4n) is 3.52. The Morgan fingerprint density at radius 3 is 2.35 bits per heavy atom. The number of nitrogens with one attached hydrogen (secondary N) is 1. The van der Waals surface area contributed by atoms with Gasteiger partial charge in [-0.15, -0.1) is 0 Å². The van der Waals surface area contributed by atoms with Crippen molar-refractivity contribution in [3.05, 3.63) is 81.8 Å². The summed E-state index contributed by atoms with van der Waals surface area (Å²) in [5.41, 5.74) is 2.77. The van der Waals surface area contributed by atoms with Crippen molar-refractivity contribution in [2.24, 2.45) is 0 Å². The molecule has 1 amide bonds. The first-order valence-corrected chi connectivity index (χ1v) is 11.4. The summed E-state index contributed by atoms with van der Waals surface area (Å²) in [6, 6.07) is 15.5. The molecule has 0 saturated heterocycles. The van der Waals surface area contributed by atoms with Gasteiger partial charge in [0.05, 0.1) is 10.0 Å². The standard InChI is InChI=1S/C25H17Cl2F3N2O5/c26-16-9-13(11-19(23(33)34)32-24(35)25(28,29)30)10-17(27)21(16)36-12-15-7-4-8-18-20(15)37-22(31-18)14-5-2-1-3-6-14/h1-10,19H,11-12H2,(H,32,35)(H,33,34)/t19-/m0/s1. The first kappa shape index (κ1) is 26.3. The molecule has 12 heteroatoms. The number of oxazole rings is 1. The number of carboxylic acids is 1. The molecular weight excluding hydrogens is 536 g/mol. The maximum atomic E-state index is 12.5. The number of ether oxygens (including phenoxy) is 1. The fourth-order valence-corrected chi connectivity index (χ4v) is 4.16. The number of para-hydroxylation sites is 1. The summed E-state index contributed by atoms with van der Waals surface area (Å²) in [6.07, 6.45) is -5.72. The van der Waals surface area contributed by atoms with Crippen LogP contribution in [0.15, 0.2) is 65.1 Å². The number of benzene rings is 3. The SMILES string of the molecule is O=C(O)[C@H](Cc1cc(Cl)c(OCc2cccc3nc(-c4ccccc4)oc23)c(Cl)c1)NC(=O)C(F)(F)F. The molecule has 37 heavy (non-hydrogen) atoms. The maximum Gasteiger partial charge on any atom is 0.471 e. The summed E-state index contributed by atoms with van der Waals surface area (Å²) >= 11 is 12.6. The van der Waals surface area contributed by atoms with Gasteiger partial charge in [-0.05, 0) is 35.9 Å². The molecule has 4 rings (SSSR count). The third kappa shape index (κ3) is 6.15. The number of hydrogen-bond donors (Lipinski definition) is 2. The highest BCUT2D eigenvalue weighted by Crippen LogP contribution is 2.36. The van der Waals surface area contributed by atoms with Crippen LogP contribution in [0.2, 0.25) is 10.0 Å². The molecule has 0 fully saturated rings. The van der Waals surface area contributed by atoms with Gasteiger partial charge in [-0.1, -0.05) is 53.5 Å². The van der Waals surface area contributed by atoms with Crippen LogP contribution in [0.4, 0.5) is 13.2 Å². The largest absolute Gasteiger partial charge is 0.486 e. The summed E-state index contributed by atoms with van der Waals surface area (Å²) in [7, 11) is 0. The number of aliphatic carboxylic acids is 1. The number of carbonyl (C=O) groups is 2. The molecule has 1 heterocycles. The quantitative estimate of drug-likeness (QED) is 0.275. The molecule has 0 aliphatic rings. The van der Waals surface area contributed by atoms with Crippen LogP contribution >= 0.6 is 23.2 Å². The van der Waals surface area contributed by atoms with Crippen LogP contribution in [-0.2, 0) is 22.6 Å². The highest BCUT2D eigenvalue weighted by Gasteiger charge is 2.40. The number of carboxylic acid groups (broad SMARTS) is 1. The van der Waals surface area contributed by atoms with Crippen LogP contribution in [-0.4, -0.2) is 34.2 Å². The number of rotatable bonds is 8. The van der Waals surface area contributed by atoms with Crippen molar-refractivity contribution >= 4 is 46.2 Å². The highest BCUT2D eigenvalue weighted by atomic mass is 35.5. The van der Waals surface area contributed by atoms with E-state index in [1.165, 1.54) is 17.4 Å². The lowest BCUT2D eigenvalue weighted by Gasteiger charge is -2.17. The molecule has 0 unspecified atom stereocenters. The molecular formula is C25H17Cl2F3N2O5. The Morgan fingerprint density at radius 2 is 1.73 bits per heavy atom. The van der Waals surface area contributed by atoms with Crippen LogP contribution in [0.3, 0.4) is 0 Å². The van der Waals surface area contributed by atoms with Gasteiger partial charge in [0.15, 0.2) is 11.3 Å². The summed E-state index contributed by atoms with van der Waals surface area (Å²) in [6.45, 7) is -0.00105. The predicted octanol–water partition coefficient (Wildman–Crippen LogP) is 6.05. The van der Waals surface area contributed by atoms with Crippen LogP contribution in [0, 0.1) is 0 Å². The van der Waals surface area contributed by atoms with Crippen molar-refractivity contribution in [2.75, 3.05) is 0 Å². The highest BCUT2D eigenvalue weighted by molar-refractivity contribution is 6.37. The number of fused-ring (bicyclic) bond motifs is 1. The van der Waals surface area contributed by atoms with Gasteiger partial charge in [0.1, 0.15) is 18.2 Å². The summed E-state index contributed by atoms with van der Waals surface area (Å²) in [4.78, 5) is 27.0. The minimum atomic E-state index is -5.23. The van der Waals surface area contributed by atoms with E-state index >= 15 is 0 Å². The molecule has 1 atom stereocenters. The Balaban J connectivity index is 1.52. The molecule has 0 saturated carbocycles. The maximum absolute atomic E-state index is 12.5. The number of amides is 1. The van der Waals surface area contributed by atoms with E-state index in [4.69, 9.17) is 32.4 Å². The Kier molecular flexibility index (Phi) is 7.60. The molecule has 1 aromatic heterocycles. The van der Waals surface area contributed by atoms with Gasteiger partial charge in [-0.3, -0.25) is 4.79 Å². The smallest absolute Gasteiger partial charge is 0.471 e. The third-order valence-corrected chi connectivity index (χ3v) is 5.81. The van der Waals surface area contributed by atoms with Crippen LogP contribution in [0.1, 0.15) is 11.1 Å². The lowest BCUT2D eigenvalue weighted by atomic mass is 10.1. The minimum Gasteiger partial charge on any atom is -0.486 e. The van der Waals surface area contributed by atoms with Crippen LogP contribution in [0.5, 0.6) is 5.75 Å². The van der Waals surface area contributed by atoms with E-state index in [9.17, 15) is 27.9 Å². The summed E-state index contributed by atoms with van der Waals surface area (Å²) in [5.74, 6) is -3.50. The number of hydrogen-bond acceptors (Lipinski definition) is 5. The number of halogens is 5. The Hall–Kier alpha value is -3.76. The first-order valence-electron chi connectivity index (χ1n) is 10.7. The van der Waals surface area contributed by atoms with Gasteiger partial charge in [0.25, 0.3) is 0 Å². The van der Waals surface area contributed by atoms with E-state index in [1.54, 1.807) is 18.2 Å². The van der Waals surface area contributed by atoms with Gasteiger partial charge in [-0.2, -0.15) is 13.2 Å². The lowest BCUT2D eigenvalue weighted by molar-refractivity contribution is -0.175. The molecule has 7 nitrogen and oxygen atoms in total. The van der Waals surface area contributed by atoms with E-state index in [-0.39, 0.29) is 28.0 Å². The molecule has 4 aromatic rings. The normalized spacial score (nSPS) is 12.4. The van der Waals surface area contributed by atoms with Gasteiger partial charge >= 0.3 is 18.1 Å².